The van der Waals surface area contributed by atoms with Crippen LogP contribution >= 0.6 is 23.2 Å². The predicted molar refractivity (Wildman–Crippen MR) is 124 cm³/mol. The lowest BCUT2D eigenvalue weighted by atomic mass is 10.0. The van der Waals surface area contributed by atoms with Crippen molar-refractivity contribution >= 4 is 35.0 Å². The zero-order chi connectivity index (χ0) is 22.1. The zero-order valence-corrected chi connectivity index (χ0v) is 19.3. The molecule has 0 aliphatic carbocycles. The summed E-state index contributed by atoms with van der Waals surface area (Å²) >= 11 is 12.2. The summed E-state index contributed by atoms with van der Waals surface area (Å²) in [6.45, 7) is 6.24. The number of hydrogen-bond donors (Lipinski definition) is 1. The number of benzene rings is 2. The summed E-state index contributed by atoms with van der Waals surface area (Å²) in [5.74, 6) is -0.193. The molecule has 2 aromatic rings. The molecule has 0 spiro atoms. The molecule has 0 aromatic heterocycles. The lowest BCUT2D eigenvalue weighted by Crippen LogP contribution is -2.52. The molecule has 6 heteroatoms. The van der Waals surface area contributed by atoms with Crippen LogP contribution in [-0.2, 0) is 22.6 Å². The van der Waals surface area contributed by atoms with E-state index < -0.39 is 6.04 Å². The minimum atomic E-state index is -0.616. The highest BCUT2D eigenvalue weighted by atomic mass is 35.5. The second-order valence-electron chi connectivity index (χ2n) is 7.54. The summed E-state index contributed by atoms with van der Waals surface area (Å²) in [4.78, 5) is 28.0. The van der Waals surface area contributed by atoms with Gasteiger partial charge in [0.25, 0.3) is 0 Å². The number of halogens is 2. The smallest absolute Gasteiger partial charge is 0.243 e. The van der Waals surface area contributed by atoms with Crippen molar-refractivity contribution in [2.45, 2.75) is 65.1 Å². The molecule has 0 heterocycles. The van der Waals surface area contributed by atoms with Gasteiger partial charge >= 0.3 is 0 Å². The third-order valence-electron chi connectivity index (χ3n) is 5.07. The van der Waals surface area contributed by atoms with Gasteiger partial charge in [0.2, 0.25) is 11.8 Å². The maximum atomic E-state index is 13.2. The van der Waals surface area contributed by atoms with E-state index in [2.05, 4.69) is 5.32 Å². The number of nitrogens with one attached hydrogen (secondary N) is 1. The van der Waals surface area contributed by atoms with Crippen molar-refractivity contribution in [3.63, 3.8) is 0 Å². The van der Waals surface area contributed by atoms with Gasteiger partial charge in [-0.2, -0.15) is 0 Å². The lowest BCUT2D eigenvalue weighted by molar-refractivity contribution is -0.141. The molecule has 4 nitrogen and oxygen atoms in total. The van der Waals surface area contributed by atoms with Crippen molar-refractivity contribution in [1.82, 2.24) is 10.2 Å². The minimum absolute atomic E-state index is 0.0314. The summed E-state index contributed by atoms with van der Waals surface area (Å²) in [7, 11) is 0. The van der Waals surface area contributed by atoms with Crippen LogP contribution in [0.2, 0.25) is 10.0 Å². The summed E-state index contributed by atoms with van der Waals surface area (Å²) in [6, 6.07) is 14.5. The van der Waals surface area contributed by atoms with Crippen LogP contribution in [0.3, 0.4) is 0 Å². The Morgan fingerprint density at radius 3 is 2.30 bits per heavy atom. The molecular weight excluding hydrogens is 419 g/mol. The normalized spacial score (nSPS) is 12.8. The fourth-order valence-corrected chi connectivity index (χ4v) is 3.51. The number of rotatable bonds is 10. The standard InChI is InChI=1S/C24H30Cl2N2O2/c1-4-9-23(29)28(16-19-12-13-20(25)21(26)14-19)22(24(30)27-17(3)5-2)15-18-10-7-6-8-11-18/h6-8,10-14,17,22H,4-5,9,15-16H2,1-3H3,(H,27,30)/t17-,22+/m1/s1. The Hall–Kier alpha value is -2.04. The van der Waals surface area contributed by atoms with Crippen molar-refractivity contribution < 1.29 is 9.59 Å². The maximum Gasteiger partial charge on any atom is 0.243 e. The molecule has 0 radical (unpaired) electrons. The molecule has 0 aliphatic rings. The van der Waals surface area contributed by atoms with Gasteiger partial charge in [0.15, 0.2) is 0 Å². The fourth-order valence-electron chi connectivity index (χ4n) is 3.19. The number of hydrogen-bond acceptors (Lipinski definition) is 2. The second-order valence-corrected chi connectivity index (χ2v) is 8.36. The highest BCUT2D eigenvalue weighted by molar-refractivity contribution is 6.42. The molecule has 2 rings (SSSR count). The first kappa shape index (κ1) is 24.2. The Morgan fingerprint density at radius 1 is 1.00 bits per heavy atom. The van der Waals surface area contributed by atoms with Gasteiger partial charge in [0, 0.05) is 25.4 Å². The molecule has 0 fully saturated rings. The molecule has 2 aromatic carbocycles. The fraction of sp³-hybridized carbons (Fsp3) is 0.417. The van der Waals surface area contributed by atoms with Crippen molar-refractivity contribution in [3.05, 3.63) is 69.7 Å². The Kier molecular flexibility index (Phi) is 9.67. The molecule has 2 amide bonds. The van der Waals surface area contributed by atoms with E-state index in [1.165, 1.54) is 0 Å². The molecule has 0 unspecified atom stereocenters. The number of amides is 2. The summed E-state index contributed by atoms with van der Waals surface area (Å²) in [5.41, 5.74) is 1.84. The van der Waals surface area contributed by atoms with Crippen LogP contribution < -0.4 is 5.32 Å². The van der Waals surface area contributed by atoms with E-state index in [4.69, 9.17) is 23.2 Å². The number of nitrogens with zero attached hydrogens (tertiary/aromatic N) is 1. The van der Waals surface area contributed by atoms with Crippen molar-refractivity contribution in [3.8, 4) is 0 Å². The maximum absolute atomic E-state index is 13.2. The van der Waals surface area contributed by atoms with Crippen LogP contribution in [0.4, 0.5) is 0 Å². The van der Waals surface area contributed by atoms with Crippen LogP contribution in [0, 0.1) is 0 Å². The predicted octanol–water partition coefficient (Wildman–Crippen LogP) is 5.65. The second kappa shape index (κ2) is 12.0. The highest BCUT2D eigenvalue weighted by Gasteiger charge is 2.30. The molecule has 1 N–H and O–H groups in total. The summed E-state index contributed by atoms with van der Waals surface area (Å²) < 4.78 is 0. The average Bonchev–Trinajstić information content (AvgIpc) is 2.73. The monoisotopic (exact) mass is 448 g/mol. The van der Waals surface area contributed by atoms with Crippen LogP contribution in [0.25, 0.3) is 0 Å². The van der Waals surface area contributed by atoms with Gasteiger partial charge in [-0.15, -0.1) is 0 Å². The summed E-state index contributed by atoms with van der Waals surface area (Å²) in [6.07, 6.45) is 2.35. The first-order chi connectivity index (χ1) is 14.3. The van der Waals surface area contributed by atoms with Gasteiger partial charge < -0.3 is 10.2 Å². The molecule has 30 heavy (non-hydrogen) atoms. The molecular formula is C24H30Cl2N2O2. The van der Waals surface area contributed by atoms with E-state index in [1.54, 1.807) is 17.0 Å². The summed E-state index contributed by atoms with van der Waals surface area (Å²) in [5, 5.41) is 3.95. The SMILES string of the molecule is CCCC(=O)N(Cc1ccc(Cl)c(Cl)c1)[C@@H](Cc1ccccc1)C(=O)N[C@H](C)CC. The van der Waals surface area contributed by atoms with Crippen LogP contribution in [0.5, 0.6) is 0 Å². The van der Waals surface area contributed by atoms with E-state index in [0.717, 1.165) is 17.5 Å². The Balaban J connectivity index is 2.39. The molecule has 0 aliphatic heterocycles. The van der Waals surface area contributed by atoms with Crippen molar-refractivity contribution in [2.24, 2.45) is 0 Å². The van der Waals surface area contributed by atoms with Crippen molar-refractivity contribution in [1.29, 1.82) is 0 Å². The minimum Gasteiger partial charge on any atom is -0.352 e. The molecule has 0 saturated heterocycles. The Bertz CT molecular complexity index is 842. The largest absolute Gasteiger partial charge is 0.352 e. The topological polar surface area (TPSA) is 49.4 Å². The molecule has 0 saturated carbocycles. The van der Waals surface area contributed by atoms with Gasteiger partial charge in [-0.3, -0.25) is 9.59 Å². The average molecular weight is 449 g/mol. The molecule has 162 valence electrons. The zero-order valence-electron chi connectivity index (χ0n) is 17.8. The van der Waals surface area contributed by atoms with Crippen LogP contribution in [-0.4, -0.2) is 28.8 Å². The molecule has 2 atom stereocenters. The van der Waals surface area contributed by atoms with Gasteiger partial charge in [0.1, 0.15) is 6.04 Å². The highest BCUT2D eigenvalue weighted by Crippen LogP contribution is 2.24. The third-order valence-corrected chi connectivity index (χ3v) is 5.81. The van der Waals surface area contributed by atoms with Crippen molar-refractivity contribution in [2.75, 3.05) is 0 Å². The van der Waals surface area contributed by atoms with Gasteiger partial charge in [-0.25, -0.2) is 0 Å². The number of carbonyl (C=O) groups is 2. The van der Waals surface area contributed by atoms with E-state index in [-0.39, 0.29) is 17.9 Å². The van der Waals surface area contributed by atoms with E-state index in [9.17, 15) is 9.59 Å². The number of carbonyl (C=O) groups excluding carboxylic acids is 2. The van der Waals surface area contributed by atoms with E-state index >= 15 is 0 Å². The van der Waals surface area contributed by atoms with E-state index in [1.807, 2.05) is 57.2 Å². The Morgan fingerprint density at radius 2 is 1.70 bits per heavy atom. The van der Waals surface area contributed by atoms with E-state index in [0.29, 0.717) is 35.9 Å². The van der Waals surface area contributed by atoms with Gasteiger partial charge in [-0.05, 0) is 43.0 Å². The third kappa shape index (κ3) is 7.03. The quantitative estimate of drug-likeness (QED) is 0.510. The van der Waals surface area contributed by atoms with Crippen LogP contribution in [0.1, 0.15) is 51.2 Å². The van der Waals surface area contributed by atoms with Gasteiger partial charge in [0.05, 0.1) is 10.0 Å². The first-order valence-corrected chi connectivity index (χ1v) is 11.2. The molecule has 0 bridgehead atoms. The lowest BCUT2D eigenvalue weighted by Gasteiger charge is -2.32. The first-order valence-electron chi connectivity index (χ1n) is 10.4. The van der Waals surface area contributed by atoms with Gasteiger partial charge in [-0.1, -0.05) is 73.4 Å². The van der Waals surface area contributed by atoms with Crippen LogP contribution in [0.15, 0.2) is 48.5 Å². The Labute approximate surface area is 189 Å².